The van der Waals surface area contributed by atoms with Crippen LogP contribution in [0.4, 0.5) is 0 Å². The summed E-state index contributed by atoms with van der Waals surface area (Å²) in [5.74, 6) is 1.68. The van der Waals surface area contributed by atoms with Crippen LogP contribution in [-0.4, -0.2) is 26.0 Å². The zero-order valence-electron chi connectivity index (χ0n) is 10.5. The van der Waals surface area contributed by atoms with Crippen LogP contribution in [0.1, 0.15) is 12.5 Å². The van der Waals surface area contributed by atoms with Crippen molar-refractivity contribution in [2.24, 2.45) is 4.99 Å². The monoisotopic (exact) mass is 246 g/mol. The van der Waals surface area contributed by atoms with Crippen molar-refractivity contribution in [2.75, 3.05) is 14.2 Å². The lowest BCUT2D eigenvalue weighted by Crippen LogP contribution is -2.21. The molecule has 0 atom stereocenters. The Morgan fingerprint density at radius 3 is 2.50 bits per heavy atom. The van der Waals surface area contributed by atoms with Crippen LogP contribution in [0.3, 0.4) is 0 Å². The van der Waals surface area contributed by atoms with E-state index in [0.29, 0.717) is 23.0 Å². The van der Waals surface area contributed by atoms with E-state index in [2.05, 4.69) is 10.3 Å². The molecule has 0 saturated heterocycles. The molecule has 0 aromatic heterocycles. The van der Waals surface area contributed by atoms with Crippen molar-refractivity contribution in [3.8, 4) is 11.5 Å². The Kier molecular flexibility index (Phi) is 3.32. The van der Waals surface area contributed by atoms with Gasteiger partial charge in [-0.25, -0.2) is 4.99 Å². The number of methoxy groups -OCH3 is 2. The number of nitrogens with zero attached hydrogens (tertiary/aromatic N) is 1. The summed E-state index contributed by atoms with van der Waals surface area (Å²) in [5.41, 5.74) is 1.22. The van der Waals surface area contributed by atoms with E-state index < -0.39 is 0 Å². The number of nitrogens with one attached hydrogen (secondary N) is 1. The summed E-state index contributed by atoms with van der Waals surface area (Å²) >= 11 is 0. The van der Waals surface area contributed by atoms with Gasteiger partial charge in [0.25, 0.3) is 5.91 Å². The van der Waals surface area contributed by atoms with Crippen LogP contribution < -0.4 is 14.8 Å². The lowest BCUT2D eigenvalue weighted by atomic mass is 10.1. The topological polar surface area (TPSA) is 59.9 Å². The quantitative estimate of drug-likeness (QED) is 0.824. The molecule has 1 N–H and O–H groups in total. The van der Waals surface area contributed by atoms with Crippen LogP contribution in [0.5, 0.6) is 11.5 Å². The number of amidine groups is 1. The van der Waals surface area contributed by atoms with Gasteiger partial charge >= 0.3 is 0 Å². The second kappa shape index (κ2) is 4.91. The van der Waals surface area contributed by atoms with Gasteiger partial charge in [0.15, 0.2) is 11.5 Å². The van der Waals surface area contributed by atoms with Gasteiger partial charge in [0, 0.05) is 0 Å². The Morgan fingerprint density at radius 1 is 1.22 bits per heavy atom. The third-order valence-corrected chi connectivity index (χ3v) is 2.53. The average molecular weight is 246 g/mol. The summed E-state index contributed by atoms with van der Waals surface area (Å²) in [4.78, 5) is 15.6. The molecule has 0 saturated carbocycles. The van der Waals surface area contributed by atoms with Crippen molar-refractivity contribution >= 4 is 17.8 Å². The first-order chi connectivity index (χ1) is 8.63. The van der Waals surface area contributed by atoms with Gasteiger partial charge in [-0.3, -0.25) is 4.79 Å². The van der Waals surface area contributed by atoms with Gasteiger partial charge in [0.2, 0.25) is 0 Å². The maximum absolute atomic E-state index is 11.5. The first-order valence-corrected chi connectivity index (χ1v) is 5.44. The van der Waals surface area contributed by atoms with Crippen molar-refractivity contribution in [1.82, 2.24) is 5.32 Å². The van der Waals surface area contributed by atoms with Gasteiger partial charge < -0.3 is 14.8 Å². The van der Waals surface area contributed by atoms with E-state index in [9.17, 15) is 4.79 Å². The van der Waals surface area contributed by atoms with Crippen LogP contribution in [0.25, 0.3) is 6.08 Å². The van der Waals surface area contributed by atoms with Crippen LogP contribution in [0.15, 0.2) is 28.9 Å². The van der Waals surface area contributed by atoms with E-state index in [1.807, 2.05) is 6.07 Å². The molecule has 1 aliphatic heterocycles. The van der Waals surface area contributed by atoms with Gasteiger partial charge in [-0.1, -0.05) is 6.07 Å². The van der Waals surface area contributed by atoms with Crippen LogP contribution >= 0.6 is 0 Å². The van der Waals surface area contributed by atoms with E-state index in [1.165, 1.54) is 0 Å². The standard InChI is InChI=1S/C13H14N2O3/c1-8-14-10(13(16)15-8)6-9-4-5-11(17-2)12(7-9)18-3/h4-7H,1-3H3,(H,14,15,16). The number of carbonyl (C=O) groups is 1. The molecule has 5 nitrogen and oxygen atoms in total. The highest BCUT2D eigenvalue weighted by atomic mass is 16.5. The Balaban J connectivity index is 2.35. The molecule has 1 heterocycles. The SMILES string of the molecule is COc1ccc(C=C2N=C(C)NC2=O)cc1OC. The molecule has 1 aromatic carbocycles. The molecule has 94 valence electrons. The summed E-state index contributed by atoms with van der Waals surface area (Å²) in [6.45, 7) is 1.74. The maximum Gasteiger partial charge on any atom is 0.275 e. The molecule has 2 rings (SSSR count). The summed E-state index contributed by atoms with van der Waals surface area (Å²) in [5, 5.41) is 2.63. The molecule has 1 amide bonds. The normalized spacial score (nSPS) is 16.5. The van der Waals surface area contributed by atoms with Gasteiger partial charge in [0.1, 0.15) is 11.5 Å². The first kappa shape index (κ1) is 12.2. The smallest absolute Gasteiger partial charge is 0.275 e. The van der Waals surface area contributed by atoms with Crippen LogP contribution in [0, 0.1) is 0 Å². The summed E-state index contributed by atoms with van der Waals surface area (Å²) < 4.78 is 10.3. The molecule has 18 heavy (non-hydrogen) atoms. The minimum atomic E-state index is -0.192. The summed E-state index contributed by atoms with van der Waals surface area (Å²) in [6, 6.07) is 5.42. The van der Waals surface area contributed by atoms with Crippen molar-refractivity contribution in [1.29, 1.82) is 0 Å². The number of benzene rings is 1. The zero-order chi connectivity index (χ0) is 13.1. The Bertz CT molecular complexity index is 547. The molecule has 0 radical (unpaired) electrons. The molecule has 0 unspecified atom stereocenters. The first-order valence-electron chi connectivity index (χ1n) is 5.44. The third-order valence-electron chi connectivity index (χ3n) is 2.53. The largest absolute Gasteiger partial charge is 0.493 e. The van der Waals surface area contributed by atoms with Crippen molar-refractivity contribution in [3.05, 3.63) is 29.5 Å². The maximum atomic E-state index is 11.5. The number of aliphatic imine (C=N–C) groups is 1. The minimum absolute atomic E-state index is 0.192. The highest BCUT2D eigenvalue weighted by molar-refractivity contribution is 6.13. The molecular formula is C13H14N2O3. The summed E-state index contributed by atoms with van der Waals surface area (Å²) in [6.07, 6.45) is 1.70. The second-order valence-corrected chi connectivity index (χ2v) is 3.80. The second-order valence-electron chi connectivity index (χ2n) is 3.80. The van der Waals surface area contributed by atoms with Gasteiger partial charge in [-0.15, -0.1) is 0 Å². The fraction of sp³-hybridized carbons (Fsp3) is 0.231. The van der Waals surface area contributed by atoms with Gasteiger partial charge in [0.05, 0.1) is 14.2 Å². The van der Waals surface area contributed by atoms with Crippen LogP contribution in [-0.2, 0) is 4.79 Å². The molecule has 1 aromatic rings. The molecule has 0 fully saturated rings. The van der Waals surface area contributed by atoms with Crippen LogP contribution in [0.2, 0.25) is 0 Å². The molecular weight excluding hydrogens is 232 g/mol. The molecule has 1 aliphatic rings. The Hall–Kier alpha value is -2.30. The van der Waals surface area contributed by atoms with E-state index in [1.54, 1.807) is 39.4 Å². The molecule has 5 heteroatoms. The number of hydrogen-bond donors (Lipinski definition) is 1. The van der Waals surface area contributed by atoms with E-state index in [0.717, 1.165) is 5.56 Å². The van der Waals surface area contributed by atoms with E-state index in [4.69, 9.17) is 9.47 Å². The minimum Gasteiger partial charge on any atom is -0.493 e. The number of amides is 1. The summed E-state index contributed by atoms with van der Waals surface area (Å²) in [7, 11) is 3.15. The van der Waals surface area contributed by atoms with Crippen molar-refractivity contribution in [3.63, 3.8) is 0 Å². The Labute approximate surface area is 105 Å². The number of carbonyl (C=O) groups excluding carboxylic acids is 1. The number of rotatable bonds is 3. The van der Waals surface area contributed by atoms with E-state index in [-0.39, 0.29) is 5.91 Å². The molecule has 0 bridgehead atoms. The predicted octanol–water partition coefficient (Wildman–Crippen LogP) is 1.59. The zero-order valence-corrected chi connectivity index (χ0v) is 10.5. The molecule has 0 spiro atoms. The Morgan fingerprint density at radius 2 is 1.94 bits per heavy atom. The number of ether oxygens (including phenoxy) is 2. The van der Waals surface area contributed by atoms with E-state index >= 15 is 0 Å². The van der Waals surface area contributed by atoms with Gasteiger partial charge in [-0.05, 0) is 30.7 Å². The average Bonchev–Trinajstić information content (AvgIpc) is 2.67. The van der Waals surface area contributed by atoms with Gasteiger partial charge in [-0.2, -0.15) is 0 Å². The third kappa shape index (κ3) is 2.34. The fourth-order valence-corrected chi connectivity index (χ4v) is 1.69. The van der Waals surface area contributed by atoms with Crippen molar-refractivity contribution in [2.45, 2.75) is 6.92 Å². The van der Waals surface area contributed by atoms with Crippen molar-refractivity contribution < 1.29 is 14.3 Å². The lowest BCUT2D eigenvalue weighted by molar-refractivity contribution is -0.115. The predicted molar refractivity (Wildman–Crippen MR) is 68.8 cm³/mol. The lowest BCUT2D eigenvalue weighted by Gasteiger charge is -2.07. The highest BCUT2D eigenvalue weighted by Gasteiger charge is 2.16. The molecule has 0 aliphatic carbocycles. The highest BCUT2D eigenvalue weighted by Crippen LogP contribution is 2.28. The number of hydrogen-bond acceptors (Lipinski definition) is 4. The fourth-order valence-electron chi connectivity index (χ4n) is 1.69.